The van der Waals surface area contributed by atoms with Gasteiger partial charge in [0.15, 0.2) is 0 Å². The van der Waals surface area contributed by atoms with Crippen LogP contribution in [0.1, 0.15) is 33.3 Å². The highest BCUT2D eigenvalue weighted by molar-refractivity contribution is 9.11. The lowest BCUT2D eigenvalue weighted by molar-refractivity contribution is 1.05. The maximum Gasteiger partial charge on any atom is 0.0704 e. The van der Waals surface area contributed by atoms with Gasteiger partial charge in [0.05, 0.1) is 8.61 Å². The van der Waals surface area contributed by atoms with Gasteiger partial charge < -0.3 is 0 Å². The van der Waals surface area contributed by atoms with Crippen LogP contribution >= 0.6 is 43.2 Å². The summed E-state index contributed by atoms with van der Waals surface area (Å²) in [5.74, 6) is 0. The van der Waals surface area contributed by atoms with Gasteiger partial charge in [0, 0.05) is 4.88 Å². The van der Waals surface area contributed by atoms with Gasteiger partial charge in [0.2, 0.25) is 0 Å². The molecule has 0 aliphatic carbocycles. The van der Waals surface area contributed by atoms with E-state index < -0.39 is 0 Å². The number of benzene rings is 1. The predicted molar refractivity (Wildman–Crippen MR) is 83.3 cm³/mol. The van der Waals surface area contributed by atoms with Crippen LogP contribution in [0, 0.1) is 6.92 Å². The number of alkyl halides is 1. The summed E-state index contributed by atoms with van der Waals surface area (Å²) < 4.78 is 1.20. The summed E-state index contributed by atoms with van der Waals surface area (Å²) in [7, 11) is 0. The largest absolute Gasteiger partial charge is 0.133 e. The van der Waals surface area contributed by atoms with Crippen molar-refractivity contribution in [3.63, 3.8) is 0 Å². The molecule has 0 saturated carbocycles. The van der Waals surface area contributed by atoms with Crippen molar-refractivity contribution in [2.24, 2.45) is 0 Å². The second kappa shape index (κ2) is 5.68. The molecule has 0 fully saturated rings. The Kier molecular flexibility index (Phi) is 4.45. The molecule has 1 unspecified atom stereocenters. The van der Waals surface area contributed by atoms with Crippen LogP contribution in [-0.4, -0.2) is 0 Å². The van der Waals surface area contributed by atoms with Crippen molar-refractivity contribution in [3.8, 4) is 0 Å². The molecule has 1 aromatic heterocycles. The Labute approximate surface area is 123 Å². The minimum absolute atomic E-state index is 0.293. The average Bonchev–Trinajstić information content (AvgIpc) is 2.67. The van der Waals surface area contributed by atoms with Crippen LogP contribution in [-0.2, 0) is 6.42 Å². The fraction of sp³-hybridized carbons (Fsp3) is 0.286. The van der Waals surface area contributed by atoms with Gasteiger partial charge in [-0.15, -0.1) is 11.3 Å². The summed E-state index contributed by atoms with van der Waals surface area (Å²) in [6.45, 7) is 4.38. The van der Waals surface area contributed by atoms with E-state index in [-0.39, 0.29) is 0 Å². The molecule has 0 radical (unpaired) electrons. The number of hydrogen-bond acceptors (Lipinski definition) is 1. The molecule has 3 heteroatoms. The number of rotatable bonds is 3. The summed E-state index contributed by atoms with van der Waals surface area (Å²) in [5.41, 5.74) is 4.15. The number of halogens is 2. The molecule has 0 bridgehead atoms. The third-order valence-electron chi connectivity index (χ3n) is 2.91. The molecule has 0 amide bonds. The monoisotopic (exact) mass is 372 g/mol. The quantitative estimate of drug-likeness (QED) is 0.590. The van der Waals surface area contributed by atoms with Crippen LogP contribution in [0.15, 0.2) is 34.1 Å². The minimum Gasteiger partial charge on any atom is -0.133 e. The van der Waals surface area contributed by atoms with E-state index in [1.165, 1.54) is 25.4 Å². The smallest absolute Gasteiger partial charge is 0.0704 e. The average molecular weight is 374 g/mol. The standard InChI is InChI=1S/C14H14Br2S/c1-3-10-6-4-5-7-11(10)14(16)12-8-13(15)17-9(12)2/h4-8,14H,3H2,1-2H3. The second-order valence-electron chi connectivity index (χ2n) is 3.98. The van der Waals surface area contributed by atoms with Crippen molar-refractivity contribution < 1.29 is 0 Å². The van der Waals surface area contributed by atoms with Crippen molar-refractivity contribution in [3.05, 3.63) is 55.7 Å². The summed E-state index contributed by atoms with van der Waals surface area (Å²) in [5, 5.41) is 0. The topological polar surface area (TPSA) is 0 Å². The van der Waals surface area contributed by atoms with Crippen LogP contribution < -0.4 is 0 Å². The first-order chi connectivity index (χ1) is 8.13. The van der Waals surface area contributed by atoms with Gasteiger partial charge in [0.1, 0.15) is 0 Å². The molecule has 0 nitrogen and oxygen atoms in total. The summed E-state index contributed by atoms with van der Waals surface area (Å²) in [6.07, 6.45) is 1.07. The zero-order valence-corrected chi connectivity index (χ0v) is 13.8. The Morgan fingerprint density at radius 3 is 2.53 bits per heavy atom. The number of aryl methyl sites for hydroxylation is 2. The highest BCUT2D eigenvalue weighted by Gasteiger charge is 2.17. The lowest BCUT2D eigenvalue weighted by atomic mass is 9.99. The lowest BCUT2D eigenvalue weighted by Gasteiger charge is -2.14. The van der Waals surface area contributed by atoms with E-state index in [9.17, 15) is 0 Å². The van der Waals surface area contributed by atoms with E-state index in [2.05, 4.69) is 76.0 Å². The second-order valence-corrected chi connectivity index (χ2v) is 7.53. The van der Waals surface area contributed by atoms with E-state index in [0.29, 0.717) is 4.83 Å². The van der Waals surface area contributed by atoms with Gasteiger partial charge in [-0.1, -0.05) is 47.1 Å². The number of hydrogen-bond donors (Lipinski definition) is 0. The van der Waals surface area contributed by atoms with Crippen molar-refractivity contribution in [1.29, 1.82) is 0 Å². The van der Waals surface area contributed by atoms with E-state index >= 15 is 0 Å². The minimum atomic E-state index is 0.293. The lowest BCUT2D eigenvalue weighted by Crippen LogP contribution is -1.97. The van der Waals surface area contributed by atoms with Gasteiger partial charge in [-0.2, -0.15) is 0 Å². The molecule has 90 valence electrons. The maximum absolute atomic E-state index is 3.84. The van der Waals surface area contributed by atoms with E-state index in [4.69, 9.17) is 0 Å². The van der Waals surface area contributed by atoms with Crippen molar-refractivity contribution in [2.45, 2.75) is 25.1 Å². The first-order valence-corrected chi connectivity index (χ1v) is 8.13. The molecule has 2 rings (SSSR count). The predicted octanol–water partition coefficient (Wildman–Crippen LogP) is 5.87. The van der Waals surface area contributed by atoms with Gasteiger partial charge >= 0.3 is 0 Å². The molecule has 1 aromatic carbocycles. The molecule has 0 aliphatic heterocycles. The van der Waals surface area contributed by atoms with Crippen LogP contribution in [0.25, 0.3) is 0 Å². The molecule has 2 aromatic rings. The Morgan fingerprint density at radius 1 is 1.24 bits per heavy atom. The normalized spacial score (nSPS) is 12.7. The highest BCUT2D eigenvalue weighted by Crippen LogP contribution is 2.39. The van der Waals surface area contributed by atoms with Gasteiger partial charge in [-0.05, 0) is 52.0 Å². The first-order valence-electron chi connectivity index (χ1n) is 5.61. The first kappa shape index (κ1) is 13.3. The summed E-state index contributed by atoms with van der Waals surface area (Å²) in [6, 6.07) is 10.9. The van der Waals surface area contributed by atoms with E-state index in [1.54, 1.807) is 11.3 Å². The van der Waals surface area contributed by atoms with Crippen molar-refractivity contribution >= 4 is 43.2 Å². The summed E-state index contributed by atoms with van der Waals surface area (Å²) in [4.78, 5) is 1.66. The Morgan fingerprint density at radius 2 is 1.94 bits per heavy atom. The molecular weight excluding hydrogens is 360 g/mol. The Bertz CT molecular complexity index is 517. The van der Waals surface area contributed by atoms with Crippen LogP contribution in [0.4, 0.5) is 0 Å². The molecule has 1 atom stereocenters. The molecule has 0 N–H and O–H groups in total. The molecule has 17 heavy (non-hydrogen) atoms. The van der Waals surface area contributed by atoms with E-state index in [1.807, 2.05) is 0 Å². The third-order valence-corrected chi connectivity index (χ3v) is 5.46. The molecule has 0 spiro atoms. The van der Waals surface area contributed by atoms with Gasteiger partial charge in [-0.3, -0.25) is 0 Å². The van der Waals surface area contributed by atoms with Crippen molar-refractivity contribution in [2.75, 3.05) is 0 Å². The zero-order chi connectivity index (χ0) is 12.4. The van der Waals surface area contributed by atoms with Gasteiger partial charge in [0.25, 0.3) is 0 Å². The highest BCUT2D eigenvalue weighted by atomic mass is 79.9. The van der Waals surface area contributed by atoms with Crippen LogP contribution in [0.3, 0.4) is 0 Å². The fourth-order valence-corrected chi connectivity index (χ4v) is 4.80. The molecule has 0 aliphatic rings. The SMILES string of the molecule is CCc1ccccc1C(Br)c1cc(Br)sc1C. The van der Waals surface area contributed by atoms with Crippen LogP contribution in [0.2, 0.25) is 0 Å². The molecule has 1 heterocycles. The zero-order valence-electron chi connectivity index (χ0n) is 9.84. The van der Waals surface area contributed by atoms with Crippen LogP contribution in [0.5, 0.6) is 0 Å². The Hall–Kier alpha value is -0.120. The molecular formula is C14H14Br2S. The Balaban J connectivity index is 2.43. The fourth-order valence-electron chi connectivity index (χ4n) is 1.98. The third kappa shape index (κ3) is 2.83. The van der Waals surface area contributed by atoms with E-state index in [0.717, 1.165) is 6.42 Å². The van der Waals surface area contributed by atoms with Gasteiger partial charge in [-0.25, -0.2) is 0 Å². The number of thiophene rings is 1. The molecule has 0 saturated heterocycles. The summed E-state index contributed by atoms with van der Waals surface area (Å²) >= 11 is 9.19. The van der Waals surface area contributed by atoms with Crippen molar-refractivity contribution in [1.82, 2.24) is 0 Å². The maximum atomic E-state index is 3.84.